The van der Waals surface area contributed by atoms with E-state index in [0.717, 1.165) is 30.8 Å². The monoisotopic (exact) mass is 248 g/mol. The Hall–Kier alpha value is -0.250. The van der Waals surface area contributed by atoms with E-state index >= 15 is 0 Å². The average molecular weight is 249 g/mol. The standard InChI is InChI=1S/C10H14Cl2N2O/c11-6-8-5-9(7-12)14(13-8)10-3-1-2-4-15-10/h5,10H,1-4,6-7H2/t10-/m0/s1. The van der Waals surface area contributed by atoms with Gasteiger partial charge < -0.3 is 4.74 Å². The molecule has 1 atom stereocenters. The van der Waals surface area contributed by atoms with Gasteiger partial charge in [-0.25, -0.2) is 4.68 Å². The lowest BCUT2D eigenvalue weighted by Gasteiger charge is -2.24. The van der Waals surface area contributed by atoms with Gasteiger partial charge >= 0.3 is 0 Å². The van der Waals surface area contributed by atoms with E-state index in [4.69, 9.17) is 27.9 Å². The predicted molar refractivity (Wildman–Crippen MR) is 60.2 cm³/mol. The Labute approximate surface area is 99.3 Å². The molecule has 0 aliphatic carbocycles. The van der Waals surface area contributed by atoms with E-state index in [-0.39, 0.29) is 6.23 Å². The number of nitrogens with zero attached hydrogens (tertiary/aromatic N) is 2. The van der Waals surface area contributed by atoms with Crippen LogP contribution in [0.1, 0.15) is 36.9 Å². The van der Waals surface area contributed by atoms with Crippen molar-refractivity contribution in [2.45, 2.75) is 37.3 Å². The highest BCUT2D eigenvalue weighted by Gasteiger charge is 2.19. The number of hydrogen-bond acceptors (Lipinski definition) is 2. The van der Waals surface area contributed by atoms with E-state index in [1.165, 1.54) is 6.42 Å². The Kier molecular flexibility index (Phi) is 3.89. The second-order valence-electron chi connectivity index (χ2n) is 3.66. The van der Waals surface area contributed by atoms with Crippen molar-refractivity contribution >= 4 is 23.2 Å². The van der Waals surface area contributed by atoms with Gasteiger partial charge in [0.2, 0.25) is 0 Å². The summed E-state index contributed by atoms with van der Waals surface area (Å²) in [7, 11) is 0. The van der Waals surface area contributed by atoms with E-state index in [2.05, 4.69) is 5.10 Å². The largest absolute Gasteiger partial charge is 0.357 e. The van der Waals surface area contributed by atoms with Crippen LogP contribution in [0.25, 0.3) is 0 Å². The first kappa shape index (κ1) is 11.2. The van der Waals surface area contributed by atoms with Gasteiger partial charge in [0.25, 0.3) is 0 Å². The Morgan fingerprint density at radius 1 is 1.40 bits per heavy atom. The number of alkyl halides is 2. The molecule has 1 aliphatic heterocycles. The fourth-order valence-corrected chi connectivity index (χ4v) is 2.15. The molecule has 0 amide bonds. The molecule has 1 aromatic heterocycles. The van der Waals surface area contributed by atoms with Gasteiger partial charge in [-0.3, -0.25) is 0 Å². The predicted octanol–water partition coefficient (Wildman–Crippen LogP) is 3.06. The Morgan fingerprint density at radius 2 is 2.27 bits per heavy atom. The van der Waals surface area contributed by atoms with Gasteiger partial charge in [0.1, 0.15) is 0 Å². The van der Waals surface area contributed by atoms with Crippen LogP contribution in [-0.2, 0) is 16.5 Å². The van der Waals surface area contributed by atoms with Crippen molar-refractivity contribution in [3.05, 3.63) is 17.5 Å². The van der Waals surface area contributed by atoms with Crippen molar-refractivity contribution in [1.82, 2.24) is 9.78 Å². The van der Waals surface area contributed by atoms with Gasteiger partial charge in [0.05, 0.1) is 23.1 Å². The first-order valence-electron chi connectivity index (χ1n) is 5.16. The van der Waals surface area contributed by atoms with Crippen molar-refractivity contribution in [3.63, 3.8) is 0 Å². The smallest absolute Gasteiger partial charge is 0.150 e. The first-order valence-corrected chi connectivity index (χ1v) is 6.23. The quantitative estimate of drug-likeness (QED) is 0.770. The van der Waals surface area contributed by atoms with Crippen LogP contribution in [0.3, 0.4) is 0 Å². The SMILES string of the molecule is ClCc1cc(CCl)n([C@@H]2CCCCO2)n1. The second-order valence-corrected chi connectivity index (χ2v) is 4.19. The van der Waals surface area contributed by atoms with E-state index < -0.39 is 0 Å². The van der Waals surface area contributed by atoms with Crippen molar-refractivity contribution in [2.75, 3.05) is 6.61 Å². The van der Waals surface area contributed by atoms with Crippen LogP contribution in [-0.4, -0.2) is 16.4 Å². The molecule has 2 rings (SSSR count). The summed E-state index contributed by atoms with van der Waals surface area (Å²) in [5.74, 6) is 0.868. The topological polar surface area (TPSA) is 27.1 Å². The third kappa shape index (κ3) is 2.47. The van der Waals surface area contributed by atoms with Crippen LogP contribution in [0.5, 0.6) is 0 Å². The van der Waals surface area contributed by atoms with Gasteiger partial charge in [-0.1, -0.05) is 0 Å². The summed E-state index contributed by atoms with van der Waals surface area (Å²) in [4.78, 5) is 0. The molecule has 0 unspecified atom stereocenters. The molecule has 0 saturated carbocycles. The van der Waals surface area contributed by atoms with Crippen molar-refractivity contribution in [3.8, 4) is 0 Å². The number of ether oxygens (including phenoxy) is 1. The lowest BCUT2D eigenvalue weighted by atomic mass is 10.2. The molecule has 1 saturated heterocycles. The molecule has 1 aromatic rings. The molecule has 0 N–H and O–H groups in total. The third-order valence-electron chi connectivity index (χ3n) is 2.57. The molecule has 15 heavy (non-hydrogen) atoms. The van der Waals surface area contributed by atoms with Gasteiger partial charge in [0, 0.05) is 6.61 Å². The van der Waals surface area contributed by atoms with Crippen LogP contribution in [0, 0.1) is 0 Å². The molecule has 1 aliphatic rings. The summed E-state index contributed by atoms with van der Waals surface area (Å²) in [6.07, 6.45) is 3.37. The lowest BCUT2D eigenvalue weighted by Crippen LogP contribution is -2.20. The van der Waals surface area contributed by atoms with E-state index in [1.54, 1.807) is 0 Å². The molecule has 1 fully saturated rings. The minimum atomic E-state index is 0.0458. The molecule has 0 spiro atoms. The van der Waals surface area contributed by atoms with Gasteiger partial charge in [0.15, 0.2) is 6.23 Å². The fourth-order valence-electron chi connectivity index (χ4n) is 1.82. The molecule has 5 heteroatoms. The summed E-state index contributed by atoms with van der Waals surface area (Å²) >= 11 is 11.6. The summed E-state index contributed by atoms with van der Waals surface area (Å²) < 4.78 is 7.54. The molecule has 2 heterocycles. The summed E-state index contributed by atoms with van der Waals surface area (Å²) in [6.45, 7) is 0.808. The van der Waals surface area contributed by atoms with Crippen LogP contribution in [0.2, 0.25) is 0 Å². The number of hydrogen-bond donors (Lipinski definition) is 0. The lowest BCUT2D eigenvalue weighted by molar-refractivity contribution is -0.0409. The summed E-state index contributed by atoms with van der Waals surface area (Å²) in [5, 5.41) is 4.40. The molecule has 0 radical (unpaired) electrons. The normalized spacial score (nSPS) is 21.9. The van der Waals surface area contributed by atoms with Gasteiger partial charge in [-0.2, -0.15) is 5.10 Å². The van der Waals surface area contributed by atoms with Gasteiger partial charge in [-0.05, 0) is 25.3 Å². The Balaban J connectivity index is 2.20. The second kappa shape index (κ2) is 5.19. The Bertz CT molecular complexity index is 321. The maximum absolute atomic E-state index is 5.86. The number of rotatable bonds is 3. The molecule has 0 bridgehead atoms. The van der Waals surface area contributed by atoms with Crippen LogP contribution >= 0.6 is 23.2 Å². The van der Waals surface area contributed by atoms with Crippen molar-refractivity contribution in [1.29, 1.82) is 0 Å². The van der Waals surface area contributed by atoms with Gasteiger partial charge in [-0.15, -0.1) is 23.2 Å². The fraction of sp³-hybridized carbons (Fsp3) is 0.700. The van der Waals surface area contributed by atoms with Crippen LogP contribution < -0.4 is 0 Å². The molecule has 84 valence electrons. The summed E-state index contributed by atoms with van der Waals surface area (Å²) in [5.41, 5.74) is 1.85. The summed E-state index contributed by atoms with van der Waals surface area (Å²) in [6, 6.07) is 1.94. The highest BCUT2D eigenvalue weighted by molar-refractivity contribution is 6.17. The Morgan fingerprint density at radius 3 is 2.87 bits per heavy atom. The minimum Gasteiger partial charge on any atom is -0.357 e. The highest BCUT2D eigenvalue weighted by atomic mass is 35.5. The van der Waals surface area contributed by atoms with Crippen LogP contribution in [0.4, 0.5) is 0 Å². The zero-order valence-corrected chi connectivity index (χ0v) is 9.97. The molecular formula is C10H14Cl2N2O. The zero-order valence-electron chi connectivity index (χ0n) is 8.46. The van der Waals surface area contributed by atoms with Crippen LogP contribution in [0.15, 0.2) is 6.07 Å². The highest BCUT2D eigenvalue weighted by Crippen LogP contribution is 2.24. The maximum Gasteiger partial charge on any atom is 0.150 e. The van der Waals surface area contributed by atoms with E-state index in [1.807, 2.05) is 10.7 Å². The maximum atomic E-state index is 5.86. The van der Waals surface area contributed by atoms with Crippen molar-refractivity contribution < 1.29 is 4.74 Å². The molecule has 0 aromatic carbocycles. The minimum absolute atomic E-state index is 0.0458. The zero-order chi connectivity index (χ0) is 10.7. The number of aromatic nitrogens is 2. The molecular weight excluding hydrogens is 235 g/mol. The first-order chi connectivity index (χ1) is 7.35. The number of halogens is 2. The third-order valence-corrected chi connectivity index (χ3v) is 3.11. The average Bonchev–Trinajstić information content (AvgIpc) is 2.73. The van der Waals surface area contributed by atoms with Crippen molar-refractivity contribution in [2.24, 2.45) is 0 Å². The molecule has 3 nitrogen and oxygen atoms in total. The van der Waals surface area contributed by atoms with E-state index in [9.17, 15) is 0 Å². The van der Waals surface area contributed by atoms with E-state index in [0.29, 0.717) is 11.8 Å².